The van der Waals surface area contributed by atoms with Crippen LogP contribution in [0.25, 0.3) is 0 Å². The molecule has 138 valence electrons. The number of ether oxygens (including phenoxy) is 1. The summed E-state index contributed by atoms with van der Waals surface area (Å²) in [4.78, 5) is 37.0. The van der Waals surface area contributed by atoms with Gasteiger partial charge in [-0.3, -0.25) is 14.4 Å². The van der Waals surface area contributed by atoms with E-state index in [2.05, 4.69) is 10.6 Å². The van der Waals surface area contributed by atoms with Crippen molar-refractivity contribution in [3.8, 4) is 0 Å². The molecule has 0 aliphatic heterocycles. The van der Waals surface area contributed by atoms with Gasteiger partial charge in [-0.15, -0.1) is 11.3 Å². The Kier molecular flexibility index (Phi) is 7.91. The van der Waals surface area contributed by atoms with Crippen molar-refractivity contribution in [3.63, 3.8) is 0 Å². The van der Waals surface area contributed by atoms with Crippen LogP contribution in [0, 0.1) is 6.92 Å². The van der Waals surface area contributed by atoms with Crippen molar-refractivity contribution in [3.05, 3.63) is 21.9 Å². The maximum absolute atomic E-state index is 11.9. The molecule has 0 bridgehead atoms. The fourth-order valence-corrected chi connectivity index (χ4v) is 3.65. The Morgan fingerprint density at radius 3 is 2.44 bits per heavy atom. The van der Waals surface area contributed by atoms with Gasteiger partial charge in [0, 0.05) is 10.9 Å². The Morgan fingerprint density at radius 2 is 1.80 bits per heavy atom. The maximum Gasteiger partial charge on any atom is 0.325 e. The zero-order valence-electron chi connectivity index (χ0n) is 14.6. The summed E-state index contributed by atoms with van der Waals surface area (Å²) in [5.41, 5.74) is 0. The predicted molar refractivity (Wildman–Crippen MR) is 96.6 cm³/mol. The second-order valence-corrected chi connectivity index (χ2v) is 7.65. The first-order chi connectivity index (χ1) is 12.0. The van der Waals surface area contributed by atoms with Crippen LogP contribution in [0.2, 0.25) is 0 Å². The number of aryl methyl sites for hydroxylation is 1. The van der Waals surface area contributed by atoms with E-state index in [0.717, 1.165) is 30.6 Å². The lowest BCUT2D eigenvalue weighted by molar-refractivity contribution is -0.147. The number of esters is 1. The van der Waals surface area contributed by atoms with Gasteiger partial charge in [0.2, 0.25) is 0 Å². The van der Waals surface area contributed by atoms with E-state index in [9.17, 15) is 14.4 Å². The minimum absolute atomic E-state index is 0.174. The van der Waals surface area contributed by atoms with Gasteiger partial charge in [-0.05, 0) is 31.9 Å². The molecule has 6 nitrogen and oxygen atoms in total. The van der Waals surface area contributed by atoms with Crippen molar-refractivity contribution >= 4 is 29.1 Å². The van der Waals surface area contributed by atoms with E-state index in [0.29, 0.717) is 4.88 Å². The van der Waals surface area contributed by atoms with Crippen LogP contribution in [0.4, 0.5) is 0 Å². The highest BCUT2D eigenvalue weighted by Gasteiger charge is 2.16. The summed E-state index contributed by atoms with van der Waals surface area (Å²) < 4.78 is 4.93. The molecule has 1 aromatic heterocycles. The lowest BCUT2D eigenvalue weighted by Gasteiger charge is -2.20. The third-order valence-corrected chi connectivity index (χ3v) is 5.19. The molecular weight excluding hydrogens is 340 g/mol. The fourth-order valence-electron chi connectivity index (χ4n) is 2.86. The van der Waals surface area contributed by atoms with E-state index < -0.39 is 5.97 Å². The largest absolute Gasteiger partial charge is 0.454 e. The quantitative estimate of drug-likeness (QED) is 0.758. The molecule has 2 amide bonds. The molecule has 1 fully saturated rings. The second-order valence-electron chi connectivity index (χ2n) is 6.36. The Balaban J connectivity index is 1.63. The van der Waals surface area contributed by atoms with Gasteiger partial charge in [0.15, 0.2) is 6.61 Å². The van der Waals surface area contributed by atoms with Crippen LogP contribution in [-0.2, 0) is 14.3 Å². The van der Waals surface area contributed by atoms with E-state index in [-0.39, 0.29) is 31.0 Å². The molecule has 1 saturated carbocycles. The molecule has 7 heteroatoms. The molecule has 1 heterocycles. The zero-order chi connectivity index (χ0) is 18.1. The van der Waals surface area contributed by atoms with E-state index >= 15 is 0 Å². The van der Waals surface area contributed by atoms with E-state index in [4.69, 9.17) is 4.74 Å². The molecule has 0 spiro atoms. The SMILES string of the molecule is Cc1ccc(C(=O)NCC(=O)OCC(=O)NC2CCCCCCC2)s1. The average molecular weight is 366 g/mol. The number of amides is 2. The van der Waals surface area contributed by atoms with Crippen LogP contribution in [0.1, 0.15) is 59.5 Å². The van der Waals surface area contributed by atoms with Crippen molar-refractivity contribution in [1.82, 2.24) is 10.6 Å². The van der Waals surface area contributed by atoms with Crippen LogP contribution >= 0.6 is 11.3 Å². The molecule has 2 rings (SSSR count). The van der Waals surface area contributed by atoms with Gasteiger partial charge in [-0.2, -0.15) is 0 Å². The molecule has 1 aromatic rings. The van der Waals surface area contributed by atoms with Gasteiger partial charge in [0.05, 0.1) is 4.88 Å². The van der Waals surface area contributed by atoms with Gasteiger partial charge in [-0.1, -0.05) is 32.1 Å². The predicted octanol–water partition coefficient (Wildman–Crippen LogP) is 2.56. The first kappa shape index (κ1) is 19.4. The Hall–Kier alpha value is -1.89. The fraction of sp³-hybridized carbons (Fsp3) is 0.611. The number of carbonyl (C=O) groups excluding carboxylic acids is 3. The van der Waals surface area contributed by atoms with Crippen LogP contribution in [0.5, 0.6) is 0 Å². The summed E-state index contributed by atoms with van der Waals surface area (Å²) in [7, 11) is 0. The highest BCUT2D eigenvalue weighted by Crippen LogP contribution is 2.17. The van der Waals surface area contributed by atoms with Crippen LogP contribution in [0.15, 0.2) is 12.1 Å². The topological polar surface area (TPSA) is 84.5 Å². The lowest BCUT2D eigenvalue weighted by Crippen LogP contribution is -2.39. The summed E-state index contributed by atoms with van der Waals surface area (Å²) in [6.45, 7) is 1.36. The molecule has 0 unspecified atom stereocenters. The first-order valence-electron chi connectivity index (χ1n) is 8.84. The minimum atomic E-state index is -0.616. The molecule has 1 aliphatic carbocycles. The smallest absolute Gasteiger partial charge is 0.325 e. The Morgan fingerprint density at radius 1 is 1.12 bits per heavy atom. The summed E-state index contributed by atoms with van der Waals surface area (Å²) in [6, 6.07) is 3.73. The second kappa shape index (κ2) is 10.2. The van der Waals surface area contributed by atoms with Gasteiger partial charge in [-0.25, -0.2) is 0 Å². The Bertz CT molecular complexity index is 592. The lowest BCUT2D eigenvalue weighted by atomic mass is 9.97. The van der Waals surface area contributed by atoms with E-state index in [1.54, 1.807) is 6.07 Å². The monoisotopic (exact) mass is 366 g/mol. The molecule has 1 aliphatic rings. The summed E-state index contributed by atoms with van der Waals surface area (Å²) in [5, 5.41) is 5.43. The highest BCUT2D eigenvalue weighted by atomic mass is 32.1. The number of nitrogens with one attached hydrogen (secondary N) is 2. The normalized spacial score (nSPS) is 15.7. The van der Waals surface area contributed by atoms with Crippen molar-refractivity contribution in [2.75, 3.05) is 13.2 Å². The molecule has 0 aromatic carbocycles. The molecule has 0 atom stereocenters. The molecule has 2 N–H and O–H groups in total. The van der Waals surface area contributed by atoms with Gasteiger partial charge in [0.1, 0.15) is 6.54 Å². The van der Waals surface area contributed by atoms with Crippen LogP contribution < -0.4 is 10.6 Å². The minimum Gasteiger partial charge on any atom is -0.454 e. The standard InChI is InChI=1S/C18H26N2O4S/c1-13-9-10-15(25-13)18(23)19-11-17(22)24-12-16(21)20-14-7-5-3-2-4-6-8-14/h9-10,14H,2-8,11-12H2,1H3,(H,19,23)(H,20,21). The first-order valence-corrected chi connectivity index (χ1v) is 9.66. The van der Waals surface area contributed by atoms with Crippen LogP contribution in [-0.4, -0.2) is 37.0 Å². The highest BCUT2D eigenvalue weighted by molar-refractivity contribution is 7.13. The third-order valence-electron chi connectivity index (χ3n) is 4.19. The van der Waals surface area contributed by atoms with Gasteiger partial charge < -0.3 is 15.4 Å². The van der Waals surface area contributed by atoms with Gasteiger partial charge >= 0.3 is 5.97 Å². The molecule has 25 heavy (non-hydrogen) atoms. The zero-order valence-corrected chi connectivity index (χ0v) is 15.5. The number of thiophene rings is 1. The average Bonchev–Trinajstić information content (AvgIpc) is 2.99. The van der Waals surface area contributed by atoms with Crippen molar-refractivity contribution in [2.24, 2.45) is 0 Å². The molecule has 0 saturated heterocycles. The molecular formula is C18H26N2O4S. The van der Waals surface area contributed by atoms with Gasteiger partial charge in [0.25, 0.3) is 11.8 Å². The molecule has 0 radical (unpaired) electrons. The maximum atomic E-state index is 11.9. The van der Waals surface area contributed by atoms with Crippen molar-refractivity contribution in [1.29, 1.82) is 0 Å². The third kappa shape index (κ3) is 7.25. The number of hydrogen-bond acceptors (Lipinski definition) is 5. The number of hydrogen-bond donors (Lipinski definition) is 2. The van der Waals surface area contributed by atoms with Crippen molar-refractivity contribution in [2.45, 2.75) is 57.9 Å². The van der Waals surface area contributed by atoms with Crippen molar-refractivity contribution < 1.29 is 19.1 Å². The van der Waals surface area contributed by atoms with E-state index in [1.807, 2.05) is 13.0 Å². The number of rotatable bonds is 6. The Labute approximate surface area is 152 Å². The summed E-state index contributed by atoms with van der Waals surface area (Å²) in [6.07, 6.45) is 7.91. The van der Waals surface area contributed by atoms with Crippen LogP contribution in [0.3, 0.4) is 0 Å². The number of carbonyl (C=O) groups is 3. The summed E-state index contributed by atoms with van der Waals surface area (Å²) >= 11 is 1.36. The summed E-state index contributed by atoms with van der Waals surface area (Å²) in [5.74, 6) is -1.21. The van der Waals surface area contributed by atoms with E-state index in [1.165, 1.54) is 30.6 Å².